The monoisotopic (exact) mass is 464 g/mol. The standard InChI is InChI=1S/C26H29FN4OS/c1-15(2)11-12-31-18(5)22(23(28-26(31)33)19-10-9-16(3)17(4)13-19)25-29-24(30-32-25)20-7-6-8-21(27)14-20/h6-10,13-15,23H,11-12H2,1-5H3,(H,28,33). The molecule has 172 valence electrons. The third-order valence-corrected chi connectivity index (χ3v) is 6.47. The fourth-order valence-electron chi connectivity index (χ4n) is 3.99. The molecule has 1 aliphatic heterocycles. The predicted molar refractivity (Wildman–Crippen MR) is 133 cm³/mol. The van der Waals surface area contributed by atoms with Crippen LogP contribution in [-0.4, -0.2) is 26.7 Å². The second kappa shape index (κ2) is 9.43. The first-order chi connectivity index (χ1) is 15.7. The van der Waals surface area contributed by atoms with Crippen molar-refractivity contribution in [3.63, 3.8) is 0 Å². The molecule has 0 bridgehead atoms. The summed E-state index contributed by atoms with van der Waals surface area (Å²) >= 11 is 5.76. The first kappa shape index (κ1) is 23.1. The highest BCUT2D eigenvalue weighted by atomic mass is 32.1. The molecule has 2 heterocycles. The zero-order valence-electron chi connectivity index (χ0n) is 19.6. The Morgan fingerprint density at radius 1 is 1.12 bits per heavy atom. The predicted octanol–water partition coefficient (Wildman–Crippen LogP) is 6.20. The second-order valence-electron chi connectivity index (χ2n) is 8.99. The van der Waals surface area contributed by atoms with E-state index in [-0.39, 0.29) is 11.9 Å². The molecular formula is C26H29FN4OS. The maximum Gasteiger partial charge on any atom is 0.258 e. The van der Waals surface area contributed by atoms with E-state index in [1.165, 1.54) is 23.3 Å². The van der Waals surface area contributed by atoms with Crippen molar-refractivity contribution in [2.75, 3.05) is 6.54 Å². The summed E-state index contributed by atoms with van der Waals surface area (Å²) in [6, 6.07) is 12.3. The Labute approximate surface area is 199 Å². The first-order valence-electron chi connectivity index (χ1n) is 11.2. The lowest BCUT2D eigenvalue weighted by Gasteiger charge is -2.37. The number of aryl methyl sites for hydroxylation is 2. The number of allylic oxidation sites excluding steroid dienone is 1. The van der Waals surface area contributed by atoms with Crippen molar-refractivity contribution in [2.45, 2.75) is 47.1 Å². The molecule has 0 spiro atoms. The maximum absolute atomic E-state index is 13.7. The summed E-state index contributed by atoms with van der Waals surface area (Å²) in [6.07, 6.45) is 0.999. The number of aromatic nitrogens is 2. The van der Waals surface area contributed by atoms with Crippen molar-refractivity contribution in [3.05, 3.63) is 76.6 Å². The van der Waals surface area contributed by atoms with Gasteiger partial charge >= 0.3 is 0 Å². The van der Waals surface area contributed by atoms with Gasteiger partial charge < -0.3 is 14.7 Å². The number of rotatable bonds is 6. The molecule has 2 aromatic carbocycles. The van der Waals surface area contributed by atoms with Crippen LogP contribution in [0.4, 0.5) is 4.39 Å². The van der Waals surface area contributed by atoms with Crippen LogP contribution in [0.3, 0.4) is 0 Å². The van der Waals surface area contributed by atoms with Crippen LogP contribution in [0.5, 0.6) is 0 Å². The maximum atomic E-state index is 13.7. The van der Waals surface area contributed by atoms with Gasteiger partial charge in [-0.3, -0.25) is 0 Å². The molecule has 5 nitrogen and oxygen atoms in total. The summed E-state index contributed by atoms with van der Waals surface area (Å²) in [5.41, 5.74) is 5.93. The van der Waals surface area contributed by atoms with Crippen LogP contribution in [0.25, 0.3) is 17.0 Å². The Balaban J connectivity index is 1.81. The Kier molecular flexibility index (Phi) is 6.61. The van der Waals surface area contributed by atoms with E-state index in [1.54, 1.807) is 12.1 Å². The van der Waals surface area contributed by atoms with Crippen molar-refractivity contribution in [1.29, 1.82) is 0 Å². The van der Waals surface area contributed by atoms with Crippen LogP contribution in [0, 0.1) is 25.6 Å². The normalized spacial score (nSPS) is 16.5. The summed E-state index contributed by atoms with van der Waals surface area (Å²) in [5, 5.41) is 8.34. The molecule has 0 saturated carbocycles. The topological polar surface area (TPSA) is 54.2 Å². The zero-order valence-corrected chi connectivity index (χ0v) is 20.5. The smallest absolute Gasteiger partial charge is 0.258 e. The number of nitrogens with one attached hydrogen (secondary N) is 1. The van der Waals surface area contributed by atoms with Gasteiger partial charge in [0.05, 0.1) is 11.6 Å². The fourth-order valence-corrected chi connectivity index (χ4v) is 4.33. The number of benzene rings is 2. The van der Waals surface area contributed by atoms with Gasteiger partial charge in [-0.05, 0) is 74.2 Å². The lowest BCUT2D eigenvalue weighted by Crippen LogP contribution is -2.46. The summed E-state index contributed by atoms with van der Waals surface area (Å²) in [7, 11) is 0. The number of halogens is 1. The summed E-state index contributed by atoms with van der Waals surface area (Å²) < 4.78 is 19.5. The molecule has 0 fully saturated rings. The highest BCUT2D eigenvalue weighted by molar-refractivity contribution is 7.80. The van der Waals surface area contributed by atoms with E-state index in [0.29, 0.717) is 28.3 Å². The van der Waals surface area contributed by atoms with Crippen molar-refractivity contribution in [2.24, 2.45) is 5.92 Å². The SMILES string of the molecule is CC1=C(c2nc(-c3cccc(F)c3)no2)C(c2ccc(C)c(C)c2)NC(=S)N1CCC(C)C. The van der Waals surface area contributed by atoms with Gasteiger partial charge in [-0.25, -0.2) is 4.39 Å². The number of thiocarbonyl (C=S) groups is 1. The van der Waals surface area contributed by atoms with Crippen LogP contribution in [0.2, 0.25) is 0 Å². The van der Waals surface area contributed by atoms with Crippen molar-refractivity contribution >= 4 is 22.9 Å². The van der Waals surface area contributed by atoms with Crippen molar-refractivity contribution < 1.29 is 8.91 Å². The average Bonchev–Trinajstić information content (AvgIpc) is 3.24. The minimum Gasteiger partial charge on any atom is -0.351 e. The van der Waals surface area contributed by atoms with E-state index in [9.17, 15) is 4.39 Å². The molecule has 1 atom stereocenters. The second-order valence-corrected chi connectivity index (χ2v) is 9.38. The number of hydrogen-bond acceptors (Lipinski definition) is 4. The minimum atomic E-state index is -0.341. The van der Waals surface area contributed by atoms with Crippen LogP contribution in [-0.2, 0) is 0 Å². The molecule has 0 radical (unpaired) electrons. The molecule has 1 N–H and O–H groups in total. The molecule has 7 heteroatoms. The molecule has 0 saturated heterocycles. The summed E-state index contributed by atoms with van der Waals surface area (Å²) in [5.74, 6) is 0.960. The molecule has 33 heavy (non-hydrogen) atoms. The van der Waals surface area contributed by atoms with E-state index < -0.39 is 0 Å². The van der Waals surface area contributed by atoms with E-state index in [4.69, 9.17) is 16.7 Å². The summed E-state index contributed by atoms with van der Waals surface area (Å²) in [4.78, 5) is 6.76. The van der Waals surface area contributed by atoms with Crippen molar-refractivity contribution in [3.8, 4) is 11.4 Å². The van der Waals surface area contributed by atoms with Gasteiger partial charge in [0, 0.05) is 17.8 Å². The summed E-state index contributed by atoms with van der Waals surface area (Å²) in [6.45, 7) is 11.4. The molecule has 0 aliphatic carbocycles. The number of nitrogens with zero attached hydrogens (tertiary/aromatic N) is 3. The van der Waals surface area contributed by atoms with Crippen LogP contribution in [0.15, 0.2) is 52.7 Å². The van der Waals surface area contributed by atoms with Gasteiger partial charge in [0.1, 0.15) is 5.82 Å². The highest BCUT2D eigenvalue weighted by Crippen LogP contribution is 2.38. The lowest BCUT2D eigenvalue weighted by atomic mass is 9.92. The Bertz CT molecular complexity index is 1220. The van der Waals surface area contributed by atoms with Gasteiger partial charge in [0.15, 0.2) is 5.11 Å². The van der Waals surface area contributed by atoms with E-state index >= 15 is 0 Å². The van der Waals surface area contributed by atoms with E-state index in [0.717, 1.165) is 29.8 Å². The number of hydrogen-bond donors (Lipinski definition) is 1. The molecular weight excluding hydrogens is 435 g/mol. The molecule has 3 aromatic rings. The minimum absolute atomic E-state index is 0.229. The molecule has 4 rings (SSSR count). The van der Waals surface area contributed by atoms with Crippen LogP contribution in [0.1, 0.15) is 55.8 Å². The molecule has 0 amide bonds. The largest absolute Gasteiger partial charge is 0.351 e. The average molecular weight is 465 g/mol. The third-order valence-electron chi connectivity index (χ3n) is 6.13. The van der Waals surface area contributed by atoms with E-state index in [1.807, 2.05) is 6.92 Å². The van der Waals surface area contributed by atoms with Gasteiger partial charge in [-0.2, -0.15) is 4.98 Å². The Hall–Kier alpha value is -3.06. The van der Waals surface area contributed by atoms with Crippen molar-refractivity contribution in [1.82, 2.24) is 20.4 Å². The quantitative estimate of drug-likeness (QED) is 0.438. The third kappa shape index (κ3) is 4.83. The first-order valence-corrected chi connectivity index (χ1v) is 11.6. The van der Waals surface area contributed by atoms with E-state index in [2.05, 4.69) is 66.3 Å². The molecule has 1 unspecified atom stereocenters. The fraction of sp³-hybridized carbons (Fsp3) is 0.346. The van der Waals surface area contributed by atoms with Gasteiger partial charge in [0.2, 0.25) is 5.82 Å². The van der Waals surface area contributed by atoms with Gasteiger partial charge in [-0.1, -0.05) is 49.3 Å². The molecule has 1 aliphatic rings. The van der Waals surface area contributed by atoms with Crippen LogP contribution < -0.4 is 5.32 Å². The Morgan fingerprint density at radius 2 is 1.91 bits per heavy atom. The van der Waals surface area contributed by atoms with Gasteiger partial charge in [0.25, 0.3) is 5.89 Å². The zero-order chi connectivity index (χ0) is 23.7. The lowest BCUT2D eigenvalue weighted by molar-refractivity contribution is 0.390. The van der Waals surface area contributed by atoms with Gasteiger partial charge in [-0.15, -0.1) is 0 Å². The molecule has 1 aromatic heterocycles. The van der Waals surface area contributed by atoms with Crippen LogP contribution >= 0.6 is 12.2 Å². The Morgan fingerprint density at radius 3 is 2.61 bits per heavy atom. The highest BCUT2D eigenvalue weighted by Gasteiger charge is 2.34.